The molecule has 18 heavy (non-hydrogen) atoms. The van der Waals surface area contributed by atoms with E-state index in [1.165, 1.54) is 0 Å². The van der Waals surface area contributed by atoms with Crippen LogP contribution in [0.4, 0.5) is 17.6 Å². The van der Waals surface area contributed by atoms with Gasteiger partial charge in [0.2, 0.25) is 0 Å². The smallest absolute Gasteiger partial charge is 0.349 e. The van der Waals surface area contributed by atoms with Gasteiger partial charge in [0.15, 0.2) is 0 Å². The van der Waals surface area contributed by atoms with E-state index in [1.807, 2.05) is 0 Å². The molecule has 98 valence electrons. The summed E-state index contributed by atoms with van der Waals surface area (Å²) in [7, 11) is 0. The van der Waals surface area contributed by atoms with E-state index in [2.05, 4.69) is 5.32 Å². The largest absolute Gasteiger partial charge is 0.419 e. The van der Waals surface area contributed by atoms with E-state index in [1.54, 1.807) is 0 Å². The third kappa shape index (κ3) is 2.63. The summed E-state index contributed by atoms with van der Waals surface area (Å²) in [5.74, 6) is -1.96. The van der Waals surface area contributed by atoms with Crippen LogP contribution in [0.3, 0.4) is 0 Å². The van der Waals surface area contributed by atoms with E-state index in [-0.39, 0.29) is 11.6 Å². The molecule has 0 aromatic heterocycles. The number of rotatable bonds is 2. The number of nitrogens with one attached hydrogen (secondary N) is 1. The second-order valence-corrected chi connectivity index (χ2v) is 4.29. The van der Waals surface area contributed by atoms with Gasteiger partial charge in [0.1, 0.15) is 5.82 Å². The van der Waals surface area contributed by atoms with Crippen molar-refractivity contribution in [1.82, 2.24) is 5.32 Å². The van der Waals surface area contributed by atoms with Gasteiger partial charge in [-0.1, -0.05) is 0 Å². The summed E-state index contributed by atoms with van der Waals surface area (Å²) in [6, 6.07) is 2.29. The van der Waals surface area contributed by atoms with Gasteiger partial charge in [0.25, 0.3) is 5.91 Å². The maximum atomic E-state index is 13.0. The molecule has 1 fully saturated rings. The first-order chi connectivity index (χ1) is 8.38. The molecule has 0 unspecified atom stereocenters. The standard InChI is InChI=1S/C12H11F4NO/c13-10-5-4-7(6-9(10)12(14,15)16)11(18)17-8-2-1-3-8/h4-6,8H,1-3H2,(H,17,18). The maximum absolute atomic E-state index is 13.0. The Morgan fingerprint density at radius 1 is 1.28 bits per heavy atom. The molecule has 0 atom stereocenters. The molecular weight excluding hydrogens is 250 g/mol. The first kappa shape index (κ1) is 12.9. The van der Waals surface area contributed by atoms with Gasteiger partial charge in [0.05, 0.1) is 5.56 Å². The molecule has 2 nitrogen and oxygen atoms in total. The molecule has 6 heteroatoms. The predicted octanol–water partition coefficient (Wildman–Crippen LogP) is 3.13. The highest BCUT2D eigenvalue weighted by Gasteiger charge is 2.34. The number of hydrogen-bond donors (Lipinski definition) is 1. The quantitative estimate of drug-likeness (QED) is 0.814. The van der Waals surface area contributed by atoms with Gasteiger partial charge < -0.3 is 5.32 Å². The van der Waals surface area contributed by atoms with Crippen molar-refractivity contribution < 1.29 is 22.4 Å². The number of carbonyl (C=O) groups excluding carboxylic acids is 1. The number of alkyl halides is 3. The second-order valence-electron chi connectivity index (χ2n) is 4.29. The number of amides is 1. The van der Waals surface area contributed by atoms with Crippen molar-refractivity contribution in [2.24, 2.45) is 0 Å². The average molecular weight is 261 g/mol. The van der Waals surface area contributed by atoms with Gasteiger partial charge in [0, 0.05) is 11.6 Å². The zero-order valence-electron chi connectivity index (χ0n) is 9.35. The number of benzene rings is 1. The SMILES string of the molecule is O=C(NC1CCC1)c1ccc(F)c(C(F)(F)F)c1. The Kier molecular flexibility index (Phi) is 3.28. The van der Waals surface area contributed by atoms with Crippen molar-refractivity contribution in [1.29, 1.82) is 0 Å². The summed E-state index contributed by atoms with van der Waals surface area (Å²) < 4.78 is 50.4. The molecule has 1 aromatic carbocycles. The van der Waals surface area contributed by atoms with Crippen LogP contribution in [0.1, 0.15) is 35.2 Å². The number of halogens is 4. The molecule has 1 amide bonds. The van der Waals surface area contributed by atoms with Crippen molar-refractivity contribution in [3.05, 3.63) is 35.1 Å². The summed E-state index contributed by atoms with van der Waals surface area (Å²) in [5, 5.41) is 2.60. The topological polar surface area (TPSA) is 29.1 Å². The molecule has 0 spiro atoms. The summed E-state index contributed by atoms with van der Waals surface area (Å²) >= 11 is 0. The Labute approximate surface area is 101 Å². The normalized spacial score (nSPS) is 16.2. The zero-order chi connectivity index (χ0) is 13.3. The molecule has 1 N–H and O–H groups in total. The Morgan fingerprint density at radius 2 is 1.94 bits per heavy atom. The molecule has 1 aromatic rings. The van der Waals surface area contributed by atoms with Crippen LogP contribution >= 0.6 is 0 Å². The predicted molar refractivity (Wildman–Crippen MR) is 56.5 cm³/mol. The summed E-state index contributed by atoms with van der Waals surface area (Å²) in [6.45, 7) is 0. The summed E-state index contributed by atoms with van der Waals surface area (Å²) in [6.07, 6.45) is -2.13. The van der Waals surface area contributed by atoms with Crippen LogP contribution in [0, 0.1) is 5.82 Å². The van der Waals surface area contributed by atoms with E-state index in [0.717, 1.165) is 25.3 Å². The molecular formula is C12H11F4NO. The summed E-state index contributed by atoms with van der Waals surface area (Å²) in [4.78, 5) is 11.6. The van der Waals surface area contributed by atoms with Gasteiger partial charge in [-0.05, 0) is 37.5 Å². The minimum atomic E-state index is -4.79. The molecule has 0 bridgehead atoms. The fourth-order valence-electron chi connectivity index (χ4n) is 1.71. The van der Waals surface area contributed by atoms with Crippen LogP contribution in [-0.4, -0.2) is 11.9 Å². The van der Waals surface area contributed by atoms with Crippen molar-refractivity contribution >= 4 is 5.91 Å². The van der Waals surface area contributed by atoms with Gasteiger partial charge in [-0.15, -0.1) is 0 Å². The molecule has 1 aliphatic rings. The van der Waals surface area contributed by atoms with Crippen LogP contribution in [0.2, 0.25) is 0 Å². The van der Waals surface area contributed by atoms with Crippen LogP contribution in [-0.2, 0) is 6.18 Å². The van der Waals surface area contributed by atoms with Gasteiger partial charge in [-0.3, -0.25) is 4.79 Å². The van der Waals surface area contributed by atoms with Crippen LogP contribution in [0.5, 0.6) is 0 Å². The highest BCUT2D eigenvalue weighted by atomic mass is 19.4. The molecule has 1 saturated carbocycles. The lowest BCUT2D eigenvalue weighted by molar-refractivity contribution is -0.140. The van der Waals surface area contributed by atoms with Crippen molar-refractivity contribution in [3.8, 4) is 0 Å². The molecule has 1 aliphatic carbocycles. The fourth-order valence-corrected chi connectivity index (χ4v) is 1.71. The Morgan fingerprint density at radius 3 is 2.44 bits per heavy atom. The van der Waals surface area contributed by atoms with E-state index in [0.29, 0.717) is 12.1 Å². The lowest BCUT2D eigenvalue weighted by Crippen LogP contribution is -2.39. The average Bonchev–Trinajstić information content (AvgIpc) is 2.22. The Bertz CT molecular complexity index is 466. The van der Waals surface area contributed by atoms with E-state index < -0.39 is 23.5 Å². The number of carbonyl (C=O) groups is 1. The van der Waals surface area contributed by atoms with Gasteiger partial charge in [-0.25, -0.2) is 4.39 Å². The van der Waals surface area contributed by atoms with E-state index in [9.17, 15) is 22.4 Å². The lowest BCUT2D eigenvalue weighted by atomic mass is 9.93. The molecule has 0 radical (unpaired) electrons. The monoisotopic (exact) mass is 261 g/mol. The van der Waals surface area contributed by atoms with E-state index >= 15 is 0 Å². The van der Waals surface area contributed by atoms with Crippen molar-refractivity contribution in [2.75, 3.05) is 0 Å². The third-order valence-corrected chi connectivity index (χ3v) is 2.97. The van der Waals surface area contributed by atoms with Gasteiger partial charge >= 0.3 is 6.18 Å². The molecule has 0 aliphatic heterocycles. The Balaban J connectivity index is 2.20. The van der Waals surface area contributed by atoms with Crippen LogP contribution < -0.4 is 5.32 Å². The third-order valence-electron chi connectivity index (χ3n) is 2.97. The minimum absolute atomic E-state index is 0.0249. The van der Waals surface area contributed by atoms with Crippen molar-refractivity contribution in [3.63, 3.8) is 0 Å². The Hall–Kier alpha value is -1.59. The number of hydrogen-bond acceptors (Lipinski definition) is 1. The highest BCUT2D eigenvalue weighted by Crippen LogP contribution is 2.32. The lowest BCUT2D eigenvalue weighted by Gasteiger charge is -2.26. The molecule has 2 rings (SSSR count). The fraction of sp³-hybridized carbons (Fsp3) is 0.417. The first-order valence-electron chi connectivity index (χ1n) is 5.55. The second kappa shape index (κ2) is 4.59. The van der Waals surface area contributed by atoms with Crippen molar-refractivity contribution in [2.45, 2.75) is 31.5 Å². The van der Waals surface area contributed by atoms with E-state index in [4.69, 9.17) is 0 Å². The minimum Gasteiger partial charge on any atom is -0.349 e. The van der Waals surface area contributed by atoms with Gasteiger partial charge in [-0.2, -0.15) is 13.2 Å². The maximum Gasteiger partial charge on any atom is 0.419 e. The zero-order valence-corrected chi connectivity index (χ0v) is 9.35. The molecule has 0 saturated heterocycles. The van der Waals surface area contributed by atoms with Crippen LogP contribution in [0.15, 0.2) is 18.2 Å². The first-order valence-corrected chi connectivity index (χ1v) is 5.55. The molecule has 0 heterocycles. The summed E-state index contributed by atoms with van der Waals surface area (Å²) in [5.41, 5.74) is -1.58. The van der Waals surface area contributed by atoms with Crippen LogP contribution in [0.25, 0.3) is 0 Å². The highest BCUT2D eigenvalue weighted by molar-refractivity contribution is 5.94.